The van der Waals surface area contributed by atoms with Crippen LogP contribution in [0.3, 0.4) is 0 Å². The summed E-state index contributed by atoms with van der Waals surface area (Å²) in [5, 5.41) is 0. The molecule has 1 fully saturated rings. The summed E-state index contributed by atoms with van der Waals surface area (Å²) in [6.45, 7) is 5.34. The van der Waals surface area contributed by atoms with Crippen LogP contribution >= 0.6 is 0 Å². The zero-order valence-electron chi connectivity index (χ0n) is 12.2. The molecule has 1 aliphatic heterocycles. The van der Waals surface area contributed by atoms with Crippen LogP contribution in [0.25, 0.3) is 0 Å². The predicted octanol–water partition coefficient (Wildman–Crippen LogP) is 2.04. The van der Waals surface area contributed by atoms with E-state index in [1.54, 1.807) is 19.1 Å². The molecule has 4 nitrogen and oxygen atoms in total. The molecule has 20 heavy (non-hydrogen) atoms. The Balaban J connectivity index is 2.41. The highest BCUT2D eigenvalue weighted by atomic mass is 32.2. The van der Waals surface area contributed by atoms with Crippen LogP contribution < -0.4 is 10.6 Å². The third-order valence-corrected chi connectivity index (χ3v) is 5.98. The molecule has 2 atom stereocenters. The summed E-state index contributed by atoms with van der Waals surface area (Å²) >= 11 is 0. The van der Waals surface area contributed by atoms with E-state index in [4.69, 9.17) is 5.73 Å². The van der Waals surface area contributed by atoms with Crippen molar-refractivity contribution in [3.8, 4) is 0 Å². The number of nitrogens with zero attached hydrogens (tertiary/aromatic N) is 1. The standard InChI is InChI=1S/C15H24N2O2S/c1-3-20(18,19)15-7-5-4-6-14(15)17-11-13(10-16)9-8-12(17)2/h4-7,12-13H,3,8-11,16H2,1-2H3. The molecule has 2 unspecified atom stereocenters. The monoisotopic (exact) mass is 296 g/mol. The molecule has 0 aliphatic carbocycles. The van der Waals surface area contributed by atoms with Crippen LogP contribution in [-0.4, -0.2) is 33.3 Å². The van der Waals surface area contributed by atoms with Gasteiger partial charge in [0.1, 0.15) is 0 Å². The average molecular weight is 296 g/mol. The van der Waals surface area contributed by atoms with Crippen molar-refractivity contribution in [2.75, 3.05) is 23.7 Å². The van der Waals surface area contributed by atoms with Gasteiger partial charge in [-0.3, -0.25) is 0 Å². The molecule has 0 aromatic heterocycles. The Labute approximate surface area is 121 Å². The molecule has 1 saturated heterocycles. The minimum absolute atomic E-state index is 0.131. The predicted molar refractivity (Wildman–Crippen MR) is 82.8 cm³/mol. The van der Waals surface area contributed by atoms with Gasteiger partial charge < -0.3 is 10.6 Å². The summed E-state index contributed by atoms with van der Waals surface area (Å²) in [6.07, 6.45) is 2.18. The summed E-state index contributed by atoms with van der Waals surface area (Å²) in [4.78, 5) is 2.66. The van der Waals surface area contributed by atoms with Crippen molar-refractivity contribution in [3.63, 3.8) is 0 Å². The average Bonchev–Trinajstić information content (AvgIpc) is 2.48. The first kappa shape index (κ1) is 15.3. The fourth-order valence-electron chi connectivity index (χ4n) is 2.82. The van der Waals surface area contributed by atoms with Gasteiger partial charge in [-0.15, -0.1) is 0 Å². The second-order valence-corrected chi connectivity index (χ2v) is 7.80. The number of anilines is 1. The van der Waals surface area contributed by atoms with Crippen LogP contribution in [0.4, 0.5) is 5.69 Å². The first-order valence-electron chi connectivity index (χ1n) is 7.28. The molecular weight excluding hydrogens is 272 g/mol. The number of nitrogens with two attached hydrogens (primary N) is 1. The van der Waals surface area contributed by atoms with Crippen molar-refractivity contribution in [3.05, 3.63) is 24.3 Å². The fourth-order valence-corrected chi connectivity index (χ4v) is 3.92. The lowest BCUT2D eigenvalue weighted by Crippen LogP contribution is -2.44. The van der Waals surface area contributed by atoms with Crippen molar-refractivity contribution < 1.29 is 8.42 Å². The van der Waals surface area contributed by atoms with E-state index in [1.807, 2.05) is 12.1 Å². The van der Waals surface area contributed by atoms with E-state index in [0.717, 1.165) is 25.1 Å². The van der Waals surface area contributed by atoms with Crippen molar-refractivity contribution in [1.82, 2.24) is 0 Å². The van der Waals surface area contributed by atoms with E-state index < -0.39 is 9.84 Å². The van der Waals surface area contributed by atoms with E-state index in [-0.39, 0.29) is 5.75 Å². The number of benzene rings is 1. The van der Waals surface area contributed by atoms with Crippen LogP contribution in [0, 0.1) is 5.92 Å². The van der Waals surface area contributed by atoms with Gasteiger partial charge >= 0.3 is 0 Å². The minimum atomic E-state index is -3.20. The Morgan fingerprint density at radius 1 is 1.30 bits per heavy atom. The summed E-state index contributed by atoms with van der Waals surface area (Å²) in [5.74, 6) is 0.579. The number of hydrogen-bond donors (Lipinski definition) is 1. The van der Waals surface area contributed by atoms with Crippen molar-refractivity contribution in [2.24, 2.45) is 11.7 Å². The second kappa shape index (κ2) is 6.14. The Hall–Kier alpha value is -1.07. The van der Waals surface area contributed by atoms with Gasteiger partial charge in [0.15, 0.2) is 9.84 Å². The SMILES string of the molecule is CCS(=O)(=O)c1ccccc1N1CC(CN)CCC1C. The maximum Gasteiger partial charge on any atom is 0.180 e. The fraction of sp³-hybridized carbons (Fsp3) is 0.600. The highest BCUT2D eigenvalue weighted by Crippen LogP contribution is 2.32. The molecule has 0 saturated carbocycles. The Morgan fingerprint density at radius 2 is 2.00 bits per heavy atom. The maximum atomic E-state index is 12.3. The molecule has 2 N–H and O–H groups in total. The summed E-state index contributed by atoms with van der Waals surface area (Å²) in [6, 6.07) is 7.68. The van der Waals surface area contributed by atoms with Gasteiger partial charge in [-0.2, -0.15) is 0 Å². The van der Waals surface area contributed by atoms with E-state index in [1.165, 1.54) is 0 Å². The lowest BCUT2D eigenvalue weighted by Gasteiger charge is -2.40. The molecule has 112 valence electrons. The Bertz CT molecular complexity index is 557. The summed E-state index contributed by atoms with van der Waals surface area (Å²) < 4.78 is 24.5. The summed E-state index contributed by atoms with van der Waals surface area (Å²) in [7, 11) is -3.20. The molecule has 1 aliphatic rings. The van der Waals surface area contributed by atoms with Gasteiger partial charge in [0.25, 0.3) is 0 Å². The molecule has 5 heteroatoms. The van der Waals surface area contributed by atoms with Gasteiger partial charge in [0.05, 0.1) is 16.3 Å². The third kappa shape index (κ3) is 2.99. The van der Waals surface area contributed by atoms with Crippen LogP contribution in [0.15, 0.2) is 29.2 Å². The molecule has 0 radical (unpaired) electrons. The van der Waals surface area contributed by atoms with Gasteiger partial charge in [0.2, 0.25) is 0 Å². The maximum absolute atomic E-state index is 12.3. The number of piperidine rings is 1. The van der Waals surface area contributed by atoms with Crippen LogP contribution in [-0.2, 0) is 9.84 Å². The second-order valence-electron chi connectivity index (χ2n) is 5.55. The first-order valence-corrected chi connectivity index (χ1v) is 8.93. The van der Waals surface area contributed by atoms with Gasteiger partial charge in [-0.25, -0.2) is 8.42 Å². The van der Waals surface area contributed by atoms with Crippen LogP contribution in [0.1, 0.15) is 26.7 Å². The molecule has 1 aromatic rings. The number of para-hydroxylation sites is 1. The Kier molecular flexibility index (Phi) is 4.70. The summed E-state index contributed by atoms with van der Waals surface area (Å²) in [5.41, 5.74) is 6.63. The Morgan fingerprint density at radius 3 is 2.65 bits per heavy atom. The van der Waals surface area contributed by atoms with E-state index in [0.29, 0.717) is 23.4 Å². The van der Waals surface area contributed by atoms with E-state index in [9.17, 15) is 8.42 Å². The molecule has 1 heterocycles. The topological polar surface area (TPSA) is 63.4 Å². The number of rotatable bonds is 4. The lowest BCUT2D eigenvalue weighted by atomic mass is 9.93. The van der Waals surface area contributed by atoms with Gasteiger partial charge in [0, 0.05) is 12.6 Å². The molecule has 1 aromatic carbocycles. The van der Waals surface area contributed by atoms with Gasteiger partial charge in [-0.05, 0) is 44.4 Å². The smallest absolute Gasteiger partial charge is 0.180 e. The molecule has 2 rings (SSSR count). The van der Waals surface area contributed by atoms with Crippen LogP contribution in [0.5, 0.6) is 0 Å². The first-order chi connectivity index (χ1) is 9.49. The lowest BCUT2D eigenvalue weighted by molar-refractivity contribution is 0.372. The molecule has 0 amide bonds. The normalized spacial score (nSPS) is 23.9. The van der Waals surface area contributed by atoms with Crippen molar-refractivity contribution in [1.29, 1.82) is 0 Å². The molecule has 0 spiro atoms. The largest absolute Gasteiger partial charge is 0.367 e. The zero-order valence-corrected chi connectivity index (χ0v) is 13.1. The molecule has 0 bridgehead atoms. The zero-order chi connectivity index (χ0) is 14.8. The quantitative estimate of drug-likeness (QED) is 0.923. The highest BCUT2D eigenvalue weighted by Gasteiger charge is 2.28. The van der Waals surface area contributed by atoms with Crippen molar-refractivity contribution >= 4 is 15.5 Å². The minimum Gasteiger partial charge on any atom is -0.367 e. The van der Waals surface area contributed by atoms with E-state index >= 15 is 0 Å². The highest BCUT2D eigenvalue weighted by molar-refractivity contribution is 7.91. The molecular formula is C15H24N2O2S. The number of sulfone groups is 1. The van der Waals surface area contributed by atoms with Gasteiger partial charge in [-0.1, -0.05) is 19.1 Å². The number of hydrogen-bond acceptors (Lipinski definition) is 4. The van der Waals surface area contributed by atoms with Crippen LogP contribution in [0.2, 0.25) is 0 Å². The van der Waals surface area contributed by atoms with Crippen molar-refractivity contribution in [2.45, 2.75) is 37.6 Å². The van der Waals surface area contributed by atoms with E-state index in [2.05, 4.69) is 11.8 Å². The third-order valence-electron chi connectivity index (χ3n) is 4.20.